The van der Waals surface area contributed by atoms with Crippen molar-refractivity contribution in [1.82, 2.24) is 20.2 Å². The molecule has 0 saturated heterocycles. The number of carbonyl (C=O) groups is 1. The smallest absolute Gasteiger partial charge is 0.338 e. The van der Waals surface area contributed by atoms with Crippen LogP contribution in [0, 0.1) is 0 Å². The predicted octanol–water partition coefficient (Wildman–Crippen LogP) is 2.76. The third-order valence-corrected chi connectivity index (χ3v) is 4.82. The molecule has 0 radical (unpaired) electrons. The first-order valence-corrected chi connectivity index (χ1v) is 9.28. The van der Waals surface area contributed by atoms with Crippen molar-refractivity contribution in [3.05, 3.63) is 77.0 Å². The second-order valence-corrected chi connectivity index (χ2v) is 6.66. The van der Waals surface area contributed by atoms with Gasteiger partial charge < -0.3 is 14.8 Å². The Kier molecular flexibility index (Phi) is 5.24. The van der Waals surface area contributed by atoms with Gasteiger partial charge in [0.1, 0.15) is 11.8 Å². The molecule has 8 nitrogen and oxygen atoms in total. The number of rotatable bonds is 6. The monoisotopic (exact) mass is 391 g/mol. The average Bonchev–Trinajstić information content (AvgIpc) is 3.21. The zero-order valence-electron chi connectivity index (χ0n) is 16.2. The van der Waals surface area contributed by atoms with Crippen molar-refractivity contribution < 1.29 is 14.3 Å². The lowest BCUT2D eigenvalue weighted by Crippen LogP contribution is -2.29. The van der Waals surface area contributed by atoms with Crippen LogP contribution in [0.5, 0.6) is 5.75 Å². The highest BCUT2D eigenvalue weighted by Crippen LogP contribution is 2.35. The summed E-state index contributed by atoms with van der Waals surface area (Å²) >= 11 is 0. The Balaban J connectivity index is 1.53. The highest BCUT2D eigenvalue weighted by atomic mass is 16.5. The molecule has 0 aliphatic carbocycles. The maximum absolute atomic E-state index is 12.4. The molecule has 148 valence electrons. The number of hydrogen-bond acceptors (Lipinski definition) is 7. The van der Waals surface area contributed by atoms with E-state index < -0.39 is 12.0 Å². The minimum absolute atomic E-state index is 0.427. The number of fused-ring (bicyclic) bond motifs is 1. The van der Waals surface area contributed by atoms with E-state index in [1.165, 1.54) is 12.7 Å². The Bertz CT molecular complexity index is 1030. The van der Waals surface area contributed by atoms with Crippen LogP contribution >= 0.6 is 0 Å². The molecule has 1 aliphatic rings. The van der Waals surface area contributed by atoms with Crippen molar-refractivity contribution in [2.24, 2.45) is 0 Å². The maximum atomic E-state index is 12.4. The molecule has 0 fully saturated rings. The molecule has 4 rings (SSSR count). The van der Waals surface area contributed by atoms with E-state index in [0.717, 1.165) is 17.7 Å². The summed E-state index contributed by atoms with van der Waals surface area (Å²) in [7, 11) is 1.36. The molecule has 2 heterocycles. The number of aromatic nitrogens is 4. The van der Waals surface area contributed by atoms with Gasteiger partial charge in [0.15, 0.2) is 0 Å². The van der Waals surface area contributed by atoms with Crippen molar-refractivity contribution in [3.8, 4) is 5.75 Å². The van der Waals surface area contributed by atoms with Crippen LogP contribution < -0.4 is 10.1 Å². The first-order valence-electron chi connectivity index (χ1n) is 9.28. The minimum atomic E-state index is -0.480. The summed E-state index contributed by atoms with van der Waals surface area (Å²) in [5.74, 6) is 0.809. The largest absolute Gasteiger partial charge is 0.493 e. The van der Waals surface area contributed by atoms with E-state index in [4.69, 9.17) is 9.47 Å². The van der Waals surface area contributed by atoms with Crippen LogP contribution in [0.3, 0.4) is 0 Å². The van der Waals surface area contributed by atoms with Gasteiger partial charge in [0.05, 0.1) is 19.3 Å². The van der Waals surface area contributed by atoms with Crippen molar-refractivity contribution in [3.63, 3.8) is 0 Å². The van der Waals surface area contributed by atoms with Gasteiger partial charge in [0.2, 0.25) is 5.95 Å². The second kappa shape index (κ2) is 8.14. The van der Waals surface area contributed by atoms with Crippen LogP contribution in [-0.2, 0) is 16.0 Å². The van der Waals surface area contributed by atoms with Gasteiger partial charge in [-0.1, -0.05) is 47.6 Å². The van der Waals surface area contributed by atoms with Crippen LogP contribution in [-0.4, -0.2) is 39.9 Å². The number of esters is 1. The fourth-order valence-corrected chi connectivity index (χ4v) is 3.37. The van der Waals surface area contributed by atoms with Crippen molar-refractivity contribution in [2.45, 2.75) is 19.4 Å². The lowest BCUT2D eigenvalue weighted by molar-refractivity contribution is -0.136. The number of nitrogens with one attached hydrogen (secondary N) is 1. The first-order chi connectivity index (χ1) is 14.2. The molecule has 2 aromatic carbocycles. The van der Waals surface area contributed by atoms with Crippen molar-refractivity contribution in [2.75, 3.05) is 19.0 Å². The lowest BCUT2D eigenvalue weighted by Gasteiger charge is -2.27. The van der Waals surface area contributed by atoms with Crippen LogP contribution in [0.15, 0.2) is 65.9 Å². The molecule has 0 saturated carbocycles. The summed E-state index contributed by atoms with van der Waals surface area (Å²) in [5.41, 5.74) is 3.21. The molecular formula is C21H21N5O3. The number of tetrazole rings is 1. The van der Waals surface area contributed by atoms with Crippen molar-refractivity contribution in [1.29, 1.82) is 0 Å². The Hall–Kier alpha value is -3.68. The maximum Gasteiger partial charge on any atom is 0.338 e. The molecule has 1 atom stereocenters. The number of carbonyl (C=O) groups excluding carboxylic acids is 1. The SMILES string of the molecule is COC(=O)C1=C(C)Nc2nnnn2C1c1ccc(OCCc2ccccc2)cc1. The van der Waals surface area contributed by atoms with E-state index in [0.29, 0.717) is 23.8 Å². The van der Waals surface area contributed by atoms with Gasteiger partial charge in [-0.25, -0.2) is 4.79 Å². The number of ether oxygens (including phenoxy) is 2. The zero-order valence-corrected chi connectivity index (χ0v) is 16.2. The number of hydrogen-bond donors (Lipinski definition) is 1. The number of anilines is 1. The fourth-order valence-electron chi connectivity index (χ4n) is 3.37. The zero-order chi connectivity index (χ0) is 20.2. The van der Waals surface area contributed by atoms with Gasteiger partial charge in [-0.15, -0.1) is 0 Å². The van der Waals surface area contributed by atoms with Gasteiger partial charge >= 0.3 is 5.97 Å². The molecule has 29 heavy (non-hydrogen) atoms. The quantitative estimate of drug-likeness (QED) is 0.646. The standard InChI is InChI=1S/C21H21N5O3/c1-14-18(20(27)28-2)19(26-21(22-14)23-24-25-26)16-8-10-17(11-9-16)29-13-12-15-6-4-3-5-7-15/h3-11,19H,12-13H2,1-2H3,(H,22,23,25). The highest BCUT2D eigenvalue weighted by molar-refractivity contribution is 5.92. The van der Waals surface area contributed by atoms with Crippen LogP contribution in [0.1, 0.15) is 24.1 Å². The second-order valence-electron chi connectivity index (χ2n) is 6.66. The van der Waals surface area contributed by atoms with Gasteiger partial charge in [0.25, 0.3) is 0 Å². The molecule has 1 aliphatic heterocycles. The summed E-state index contributed by atoms with van der Waals surface area (Å²) in [6, 6.07) is 17.3. The predicted molar refractivity (Wildman–Crippen MR) is 106 cm³/mol. The molecular weight excluding hydrogens is 370 g/mol. The molecule has 1 unspecified atom stereocenters. The van der Waals surface area contributed by atoms with E-state index in [9.17, 15) is 4.79 Å². The van der Waals surface area contributed by atoms with Crippen LogP contribution in [0.4, 0.5) is 5.95 Å². The Morgan fingerprint density at radius 3 is 2.62 bits per heavy atom. The number of methoxy groups -OCH3 is 1. The van der Waals surface area contributed by atoms with Gasteiger partial charge in [-0.3, -0.25) is 0 Å². The summed E-state index contributed by atoms with van der Waals surface area (Å²) in [6.45, 7) is 2.39. The van der Waals surface area contributed by atoms with Gasteiger partial charge in [0, 0.05) is 12.1 Å². The van der Waals surface area contributed by atoms with Gasteiger partial charge in [-0.05, 0) is 40.6 Å². The van der Waals surface area contributed by atoms with Crippen LogP contribution in [0.2, 0.25) is 0 Å². The van der Waals surface area contributed by atoms with E-state index in [2.05, 4.69) is 33.0 Å². The van der Waals surface area contributed by atoms with E-state index in [1.54, 1.807) is 11.6 Å². The Labute approximate surface area is 168 Å². The highest BCUT2D eigenvalue weighted by Gasteiger charge is 2.34. The molecule has 1 aromatic heterocycles. The van der Waals surface area contributed by atoms with E-state index >= 15 is 0 Å². The minimum Gasteiger partial charge on any atom is -0.493 e. The molecule has 0 spiro atoms. The number of benzene rings is 2. The molecule has 1 N–H and O–H groups in total. The third-order valence-electron chi connectivity index (χ3n) is 4.82. The fraction of sp³-hybridized carbons (Fsp3) is 0.238. The summed E-state index contributed by atoms with van der Waals surface area (Å²) in [4.78, 5) is 12.4. The Morgan fingerprint density at radius 1 is 1.14 bits per heavy atom. The number of allylic oxidation sites excluding steroid dienone is 1. The summed E-state index contributed by atoms with van der Waals surface area (Å²) in [6.07, 6.45) is 0.833. The normalized spacial score (nSPS) is 15.4. The van der Waals surface area contributed by atoms with Crippen molar-refractivity contribution >= 4 is 11.9 Å². The van der Waals surface area contributed by atoms with Crippen LogP contribution in [0.25, 0.3) is 0 Å². The Morgan fingerprint density at radius 2 is 1.90 bits per heavy atom. The lowest BCUT2D eigenvalue weighted by atomic mass is 9.96. The molecule has 0 amide bonds. The topological polar surface area (TPSA) is 91.2 Å². The molecule has 8 heteroatoms. The molecule has 0 bridgehead atoms. The molecule has 3 aromatic rings. The number of nitrogens with zero attached hydrogens (tertiary/aromatic N) is 4. The summed E-state index contributed by atoms with van der Waals surface area (Å²) in [5, 5.41) is 14.8. The first kappa shape index (κ1) is 18.7. The van der Waals surface area contributed by atoms with E-state index in [1.807, 2.05) is 42.5 Å². The van der Waals surface area contributed by atoms with Gasteiger partial charge in [-0.2, -0.15) is 4.68 Å². The van der Waals surface area contributed by atoms with E-state index in [-0.39, 0.29) is 0 Å². The average molecular weight is 391 g/mol. The summed E-state index contributed by atoms with van der Waals surface area (Å²) < 4.78 is 12.4. The third kappa shape index (κ3) is 3.82.